The lowest BCUT2D eigenvalue weighted by Crippen LogP contribution is -1.90. The first-order chi connectivity index (χ1) is 9.24. The smallest absolute Gasteiger partial charge is 0.261 e. The van der Waals surface area contributed by atoms with Gasteiger partial charge in [0.2, 0.25) is 5.82 Å². The maximum absolute atomic E-state index is 13.7. The first kappa shape index (κ1) is 11.3. The van der Waals surface area contributed by atoms with Crippen molar-refractivity contribution in [1.29, 1.82) is 0 Å². The van der Waals surface area contributed by atoms with Crippen LogP contribution in [0.2, 0.25) is 0 Å². The average Bonchev–Trinajstić information content (AvgIpc) is 2.89. The molecule has 1 aromatic carbocycles. The third-order valence-corrected chi connectivity index (χ3v) is 2.54. The van der Waals surface area contributed by atoms with E-state index in [1.165, 1.54) is 12.1 Å². The number of nitrogens with zero attached hydrogens (tertiary/aromatic N) is 3. The fourth-order valence-corrected chi connectivity index (χ4v) is 1.64. The zero-order valence-electron chi connectivity index (χ0n) is 9.75. The Balaban J connectivity index is 2.02. The van der Waals surface area contributed by atoms with Gasteiger partial charge in [-0.05, 0) is 30.3 Å². The molecular formula is C13H9FN4O. The number of benzene rings is 1. The Bertz CT molecular complexity index is 712. The first-order valence-corrected chi connectivity index (χ1v) is 5.54. The van der Waals surface area contributed by atoms with E-state index >= 15 is 0 Å². The molecule has 0 spiro atoms. The van der Waals surface area contributed by atoms with Crippen molar-refractivity contribution in [3.63, 3.8) is 0 Å². The number of hydrogen-bond donors (Lipinski definition) is 1. The van der Waals surface area contributed by atoms with E-state index in [1.54, 1.807) is 24.4 Å². The molecule has 3 aromatic rings. The lowest BCUT2D eigenvalue weighted by atomic mass is 10.2. The van der Waals surface area contributed by atoms with Gasteiger partial charge in [0.25, 0.3) is 5.89 Å². The molecule has 0 aliphatic carbocycles. The van der Waals surface area contributed by atoms with Crippen molar-refractivity contribution in [2.45, 2.75) is 0 Å². The van der Waals surface area contributed by atoms with Crippen LogP contribution in [0, 0.1) is 5.82 Å². The number of rotatable bonds is 2. The largest absolute Gasteiger partial charge is 0.399 e. The number of nitrogens with two attached hydrogens (primary N) is 1. The zero-order chi connectivity index (χ0) is 13.2. The molecule has 19 heavy (non-hydrogen) atoms. The van der Waals surface area contributed by atoms with E-state index in [-0.39, 0.29) is 11.5 Å². The summed E-state index contributed by atoms with van der Waals surface area (Å²) >= 11 is 0. The van der Waals surface area contributed by atoms with E-state index in [0.29, 0.717) is 17.2 Å². The van der Waals surface area contributed by atoms with Crippen LogP contribution in [0.5, 0.6) is 0 Å². The van der Waals surface area contributed by atoms with E-state index in [4.69, 9.17) is 10.3 Å². The molecule has 0 radical (unpaired) electrons. The highest BCUT2D eigenvalue weighted by molar-refractivity contribution is 5.60. The third-order valence-electron chi connectivity index (χ3n) is 2.54. The van der Waals surface area contributed by atoms with Crippen LogP contribution < -0.4 is 5.73 Å². The SMILES string of the molecule is Nc1ccc(-c2nc(-c3ccccn3)no2)c(F)c1. The van der Waals surface area contributed by atoms with Gasteiger partial charge < -0.3 is 10.3 Å². The highest BCUT2D eigenvalue weighted by Crippen LogP contribution is 2.24. The molecule has 0 fully saturated rings. The Morgan fingerprint density at radius 3 is 2.79 bits per heavy atom. The summed E-state index contributed by atoms with van der Waals surface area (Å²) in [5, 5.41) is 3.78. The summed E-state index contributed by atoms with van der Waals surface area (Å²) in [4.78, 5) is 8.21. The summed E-state index contributed by atoms with van der Waals surface area (Å²) in [6.07, 6.45) is 1.62. The van der Waals surface area contributed by atoms with Crippen molar-refractivity contribution >= 4 is 5.69 Å². The number of anilines is 1. The van der Waals surface area contributed by atoms with Gasteiger partial charge in [-0.3, -0.25) is 4.98 Å². The Kier molecular flexibility index (Phi) is 2.68. The summed E-state index contributed by atoms with van der Waals surface area (Å²) in [5.41, 5.74) is 6.60. The molecule has 94 valence electrons. The van der Waals surface area contributed by atoms with Gasteiger partial charge in [0, 0.05) is 11.9 Å². The quantitative estimate of drug-likeness (QED) is 0.713. The second kappa shape index (κ2) is 4.49. The molecule has 5 nitrogen and oxygen atoms in total. The van der Waals surface area contributed by atoms with Gasteiger partial charge in [-0.25, -0.2) is 4.39 Å². The van der Waals surface area contributed by atoms with Crippen LogP contribution >= 0.6 is 0 Å². The van der Waals surface area contributed by atoms with Crippen LogP contribution in [-0.4, -0.2) is 15.1 Å². The molecule has 0 aliphatic rings. The van der Waals surface area contributed by atoms with Crippen LogP contribution in [0.15, 0.2) is 47.1 Å². The van der Waals surface area contributed by atoms with E-state index < -0.39 is 5.82 Å². The van der Waals surface area contributed by atoms with Crippen LogP contribution in [0.3, 0.4) is 0 Å². The summed E-state index contributed by atoms with van der Waals surface area (Å²) < 4.78 is 18.8. The predicted octanol–water partition coefficient (Wildman–Crippen LogP) is 2.52. The van der Waals surface area contributed by atoms with Crippen molar-refractivity contribution in [1.82, 2.24) is 15.1 Å². The number of hydrogen-bond acceptors (Lipinski definition) is 5. The number of pyridine rings is 1. The topological polar surface area (TPSA) is 77.8 Å². The van der Waals surface area contributed by atoms with Crippen molar-refractivity contribution < 1.29 is 8.91 Å². The Morgan fingerprint density at radius 1 is 1.16 bits per heavy atom. The maximum atomic E-state index is 13.7. The Labute approximate surface area is 107 Å². The number of halogens is 1. The van der Waals surface area contributed by atoms with Gasteiger partial charge in [-0.15, -0.1) is 0 Å². The lowest BCUT2D eigenvalue weighted by molar-refractivity contribution is 0.429. The molecule has 0 bridgehead atoms. The van der Waals surface area contributed by atoms with Crippen LogP contribution in [-0.2, 0) is 0 Å². The van der Waals surface area contributed by atoms with Crippen LogP contribution in [0.25, 0.3) is 23.0 Å². The molecule has 0 atom stereocenters. The second-order valence-electron chi connectivity index (χ2n) is 3.88. The minimum absolute atomic E-state index is 0.0955. The monoisotopic (exact) mass is 256 g/mol. The third kappa shape index (κ3) is 2.15. The fourth-order valence-electron chi connectivity index (χ4n) is 1.64. The Morgan fingerprint density at radius 2 is 2.05 bits per heavy atom. The van der Waals surface area contributed by atoms with E-state index in [2.05, 4.69) is 15.1 Å². The van der Waals surface area contributed by atoms with Gasteiger partial charge in [0.05, 0.1) is 5.56 Å². The molecule has 3 rings (SSSR count). The van der Waals surface area contributed by atoms with Gasteiger partial charge in [-0.2, -0.15) is 4.98 Å². The summed E-state index contributed by atoms with van der Waals surface area (Å²) in [6.45, 7) is 0. The molecule has 6 heteroatoms. The highest BCUT2D eigenvalue weighted by Gasteiger charge is 2.14. The average molecular weight is 256 g/mol. The van der Waals surface area contributed by atoms with Crippen molar-refractivity contribution in [2.75, 3.05) is 5.73 Å². The number of aromatic nitrogens is 3. The summed E-state index contributed by atoms with van der Waals surface area (Å²) in [7, 11) is 0. The van der Waals surface area contributed by atoms with Gasteiger partial charge >= 0.3 is 0 Å². The molecule has 0 saturated heterocycles. The minimum Gasteiger partial charge on any atom is -0.399 e. The molecular weight excluding hydrogens is 247 g/mol. The minimum atomic E-state index is -0.503. The standard InChI is InChI=1S/C13H9FN4O/c14-10-7-8(15)4-5-9(10)13-17-12(18-19-13)11-3-1-2-6-16-11/h1-7H,15H2. The van der Waals surface area contributed by atoms with E-state index in [1.807, 2.05) is 6.07 Å². The molecule has 2 heterocycles. The second-order valence-corrected chi connectivity index (χ2v) is 3.88. The highest BCUT2D eigenvalue weighted by atomic mass is 19.1. The Hall–Kier alpha value is -2.76. The molecule has 0 unspecified atom stereocenters. The summed E-state index contributed by atoms with van der Waals surface area (Å²) in [5.74, 6) is -0.0961. The fraction of sp³-hybridized carbons (Fsp3) is 0. The summed E-state index contributed by atoms with van der Waals surface area (Å²) in [6, 6.07) is 9.61. The first-order valence-electron chi connectivity index (χ1n) is 5.54. The maximum Gasteiger partial charge on any atom is 0.261 e. The van der Waals surface area contributed by atoms with Crippen molar-refractivity contribution in [2.24, 2.45) is 0 Å². The molecule has 0 aliphatic heterocycles. The molecule has 2 aromatic heterocycles. The zero-order valence-corrected chi connectivity index (χ0v) is 9.75. The van der Waals surface area contributed by atoms with E-state index in [9.17, 15) is 4.39 Å². The van der Waals surface area contributed by atoms with Crippen LogP contribution in [0.1, 0.15) is 0 Å². The lowest BCUT2D eigenvalue weighted by Gasteiger charge is -1.97. The van der Waals surface area contributed by atoms with Gasteiger partial charge in [0.1, 0.15) is 11.5 Å². The van der Waals surface area contributed by atoms with Crippen molar-refractivity contribution in [3.8, 4) is 23.0 Å². The van der Waals surface area contributed by atoms with E-state index in [0.717, 1.165) is 0 Å². The molecule has 0 saturated carbocycles. The van der Waals surface area contributed by atoms with Gasteiger partial charge in [0.15, 0.2) is 0 Å². The number of nitrogen functional groups attached to an aromatic ring is 1. The predicted molar refractivity (Wildman–Crippen MR) is 67.3 cm³/mol. The van der Waals surface area contributed by atoms with Crippen LogP contribution in [0.4, 0.5) is 10.1 Å². The normalized spacial score (nSPS) is 10.6. The van der Waals surface area contributed by atoms with Crippen molar-refractivity contribution in [3.05, 3.63) is 48.4 Å². The molecule has 2 N–H and O–H groups in total. The van der Waals surface area contributed by atoms with Gasteiger partial charge in [-0.1, -0.05) is 11.2 Å². The molecule has 0 amide bonds.